The Hall–Kier alpha value is -1.22. The Kier molecular flexibility index (Phi) is 25.5. The van der Waals surface area contributed by atoms with Crippen molar-refractivity contribution in [3.8, 4) is 0 Å². The summed E-state index contributed by atoms with van der Waals surface area (Å²) >= 11 is 0. The van der Waals surface area contributed by atoms with Gasteiger partial charge in [-0.2, -0.15) is 0 Å². The molecule has 8 heteroatoms. The molecule has 48 heavy (non-hydrogen) atoms. The van der Waals surface area contributed by atoms with Crippen molar-refractivity contribution in [3.63, 3.8) is 0 Å². The standard InChI is InChI=1S/C40H75NO7/c1-4-6-8-10-11-17-23-35(22-16-9-7-5-2)40(44)46-29-21-15-14-20-28-41(32-34-30-36(42)31-34)27-19-13-12-18-24-38(43)48-39-26-25-37(47-39)33-45-3/h34-37,39,42H,4-33H2,1-3H3. The Morgan fingerprint density at radius 3 is 2.00 bits per heavy atom. The van der Waals surface area contributed by atoms with E-state index < -0.39 is 6.29 Å². The maximum Gasteiger partial charge on any atom is 0.308 e. The molecule has 1 aliphatic heterocycles. The molecule has 2 aliphatic rings. The van der Waals surface area contributed by atoms with Gasteiger partial charge in [0, 0.05) is 26.5 Å². The van der Waals surface area contributed by atoms with Gasteiger partial charge in [-0.05, 0) is 76.8 Å². The fraction of sp³-hybridized carbons (Fsp3) is 0.950. The second-order valence-electron chi connectivity index (χ2n) is 14.9. The largest absolute Gasteiger partial charge is 0.465 e. The van der Waals surface area contributed by atoms with E-state index in [0.717, 1.165) is 122 Å². The minimum Gasteiger partial charge on any atom is -0.465 e. The van der Waals surface area contributed by atoms with Crippen LogP contribution in [0.1, 0.15) is 174 Å². The van der Waals surface area contributed by atoms with Gasteiger partial charge in [-0.3, -0.25) is 9.59 Å². The van der Waals surface area contributed by atoms with E-state index in [4.69, 9.17) is 18.9 Å². The number of rotatable bonds is 32. The predicted molar refractivity (Wildman–Crippen MR) is 194 cm³/mol. The van der Waals surface area contributed by atoms with Crippen LogP contribution < -0.4 is 0 Å². The van der Waals surface area contributed by atoms with Crippen LogP contribution in [-0.2, 0) is 28.5 Å². The molecular formula is C40H75NO7. The minimum absolute atomic E-state index is 0.0332. The summed E-state index contributed by atoms with van der Waals surface area (Å²) in [5.74, 6) is 0.584. The van der Waals surface area contributed by atoms with Gasteiger partial charge in [-0.25, -0.2) is 0 Å². The molecule has 1 heterocycles. The average Bonchev–Trinajstić information content (AvgIpc) is 3.50. The number of ether oxygens (including phenoxy) is 4. The monoisotopic (exact) mass is 682 g/mol. The van der Waals surface area contributed by atoms with Crippen molar-refractivity contribution in [1.82, 2.24) is 4.90 Å². The summed E-state index contributed by atoms with van der Waals surface area (Å²) in [4.78, 5) is 27.7. The second-order valence-corrected chi connectivity index (χ2v) is 14.9. The molecule has 0 radical (unpaired) electrons. The van der Waals surface area contributed by atoms with E-state index in [9.17, 15) is 14.7 Å². The highest BCUT2D eigenvalue weighted by Gasteiger charge is 2.29. The lowest BCUT2D eigenvalue weighted by Gasteiger charge is -2.36. The zero-order valence-corrected chi connectivity index (χ0v) is 31.4. The van der Waals surface area contributed by atoms with E-state index in [0.29, 0.717) is 25.6 Å². The van der Waals surface area contributed by atoms with Crippen molar-refractivity contribution in [2.24, 2.45) is 11.8 Å². The van der Waals surface area contributed by atoms with Crippen LogP contribution in [0.4, 0.5) is 0 Å². The zero-order valence-electron chi connectivity index (χ0n) is 31.4. The number of aliphatic hydroxyl groups is 1. The number of hydrogen-bond donors (Lipinski definition) is 1. The number of carbonyl (C=O) groups is 2. The number of carbonyl (C=O) groups excluding carboxylic acids is 2. The second kappa shape index (κ2) is 28.5. The average molecular weight is 682 g/mol. The number of nitrogens with zero attached hydrogens (tertiary/aromatic N) is 1. The third-order valence-corrected chi connectivity index (χ3v) is 10.3. The van der Waals surface area contributed by atoms with Gasteiger partial charge in [0.05, 0.1) is 31.3 Å². The van der Waals surface area contributed by atoms with Gasteiger partial charge in [0.1, 0.15) is 0 Å². The summed E-state index contributed by atoms with van der Waals surface area (Å²) in [5.41, 5.74) is 0. The van der Waals surface area contributed by atoms with Crippen LogP contribution in [0.3, 0.4) is 0 Å². The van der Waals surface area contributed by atoms with E-state index in [1.165, 1.54) is 51.4 Å². The molecule has 0 bridgehead atoms. The normalized spacial score (nSPS) is 21.4. The van der Waals surface area contributed by atoms with Crippen LogP contribution in [0, 0.1) is 11.8 Å². The van der Waals surface area contributed by atoms with Gasteiger partial charge in [0.15, 0.2) is 0 Å². The fourth-order valence-electron chi connectivity index (χ4n) is 7.19. The summed E-state index contributed by atoms with van der Waals surface area (Å²) in [6.45, 7) is 8.82. The third-order valence-electron chi connectivity index (χ3n) is 10.3. The topological polar surface area (TPSA) is 94.5 Å². The highest BCUT2D eigenvalue weighted by molar-refractivity contribution is 5.72. The van der Waals surface area contributed by atoms with Crippen molar-refractivity contribution in [1.29, 1.82) is 0 Å². The SMILES string of the molecule is CCCCCCCCC(CCCCCC)C(=O)OCCCCCCN(CCCCCCC(=O)OC1CCC(COC)O1)CC1CC(O)C1. The molecule has 0 aromatic rings. The van der Waals surface area contributed by atoms with Gasteiger partial charge >= 0.3 is 11.9 Å². The predicted octanol–water partition coefficient (Wildman–Crippen LogP) is 9.15. The first kappa shape index (κ1) is 42.9. The third kappa shape index (κ3) is 21.1. The Balaban J connectivity index is 1.56. The molecule has 0 aromatic carbocycles. The van der Waals surface area contributed by atoms with Crippen LogP contribution in [-0.4, -0.2) is 80.4 Å². The Morgan fingerprint density at radius 2 is 1.35 bits per heavy atom. The summed E-state index contributed by atoms with van der Waals surface area (Å²) in [6.07, 6.45) is 26.3. The summed E-state index contributed by atoms with van der Waals surface area (Å²) in [6, 6.07) is 0. The number of esters is 2. The number of hydrogen-bond acceptors (Lipinski definition) is 8. The van der Waals surface area contributed by atoms with E-state index in [-0.39, 0.29) is 30.1 Å². The van der Waals surface area contributed by atoms with Crippen LogP contribution in [0.2, 0.25) is 0 Å². The summed E-state index contributed by atoms with van der Waals surface area (Å²) in [7, 11) is 1.66. The first-order valence-corrected chi connectivity index (χ1v) is 20.4. The number of methoxy groups -OCH3 is 1. The van der Waals surface area contributed by atoms with E-state index in [1.54, 1.807) is 7.11 Å². The van der Waals surface area contributed by atoms with Crippen LogP contribution in [0.15, 0.2) is 0 Å². The molecule has 3 unspecified atom stereocenters. The minimum atomic E-state index is -0.413. The molecule has 1 saturated carbocycles. The zero-order chi connectivity index (χ0) is 34.7. The molecule has 1 saturated heterocycles. The molecule has 3 atom stereocenters. The number of aliphatic hydroxyl groups excluding tert-OH is 1. The Morgan fingerprint density at radius 1 is 0.771 bits per heavy atom. The van der Waals surface area contributed by atoms with Crippen LogP contribution in [0.5, 0.6) is 0 Å². The first-order chi connectivity index (χ1) is 23.4. The highest BCUT2D eigenvalue weighted by atomic mass is 16.7. The Bertz CT molecular complexity index is 790. The molecule has 0 amide bonds. The molecule has 1 aliphatic carbocycles. The van der Waals surface area contributed by atoms with Crippen LogP contribution >= 0.6 is 0 Å². The van der Waals surface area contributed by atoms with Gasteiger partial charge in [0.2, 0.25) is 6.29 Å². The maximum absolute atomic E-state index is 12.9. The quantitative estimate of drug-likeness (QED) is 0.0555. The molecule has 282 valence electrons. The van der Waals surface area contributed by atoms with E-state index in [2.05, 4.69) is 18.7 Å². The van der Waals surface area contributed by atoms with Crippen molar-refractivity contribution >= 4 is 11.9 Å². The lowest BCUT2D eigenvalue weighted by atomic mass is 9.82. The van der Waals surface area contributed by atoms with Gasteiger partial charge < -0.3 is 29.0 Å². The van der Waals surface area contributed by atoms with Gasteiger partial charge in [0.25, 0.3) is 0 Å². The van der Waals surface area contributed by atoms with Crippen molar-refractivity contribution in [2.75, 3.05) is 40.0 Å². The van der Waals surface area contributed by atoms with Crippen molar-refractivity contribution in [3.05, 3.63) is 0 Å². The highest BCUT2D eigenvalue weighted by Crippen LogP contribution is 2.28. The lowest BCUT2D eigenvalue weighted by Crippen LogP contribution is -2.39. The fourth-order valence-corrected chi connectivity index (χ4v) is 7.19. The summed E-state index contributed by atoms with van der Waals surface area (Å²) < 4.78 is 22.1. The van der Waals surface area contributed by atoms with E-state index >= 15 is 0 Å². The summed E-state index contributed by atoms with van der Waals surface area (Å²) in [5, 5.41) is 9.79. The molecule has 8 nitrogen and oxygen atoms in total. The first-order valence-electron chi connectivity index (χ1n) is 20.4. The maximum atomic E-state index is 12.9. The van der Waals surface area contributed by atoms with E-state index in [1.807, 2.05) is 0 Å². The molecule has 2 rings (SSSR count). The van der Waals surface area contributed by atoms with Crippen molar-refractivity contribution < 1.29 is 33.6 Å². The lowest BCUT2D eigenvalue weighted by molar-refractivity contribution is -0.177. The van der Waals surface area contributed by atoms with Gasteiger partial charge in [-0.15, -0.1) is 0 Å². The smallest absolute Gasteiger partial charge is 0.308 e. The number of unbranched alkanes of at least 4 members (excludes halogenated alkanes) is 14. The molecule has 1 N–H and O–H groups in total. The van der Waals surface area contributed by atoms with Crippen molar-refractivity contribution in [2.45, 2.75) is 193 Å². The van der Waals surface area contributed by atoms with Gasteiger partial charge in [-0.1, -0.05) is 104 Å². The van der Waals surface area contributed by atoms with Crippen LogP contribution in [0.25, 0.3) is 0 Å². The molecule has 0 aromatic heterocycles. The Labute approximate surface area is 294 Å². The molecule has 0 spiro atoms. The molecular weight excluding hydrogens is 606 g/mol. The molecule has 2 fully saturated rings.